The van der Waals surface area contributed by atoms with Crippen molar-refractivity contribution in [2.24, 2.45) is 0 Å². The summed E-state index contributed by atoms with van der Waals surface area (Å²) < 4.78 is 0. The molecule has 0 spiro atoms. The Morgan fingerprint density at radius 2 is 2.27 bits per heavy atom. The summed E-state index contributed by atoms with van der Waals surface area (Å²) in [6, 6.07) is 7.00. The number of rotatable bonds is 4. The lowest BCUT2D eigenvalue weighted by Crippen LogP contribution is -2.27. The van der Waals surface area contributed by atoms with Crippen LogP contribution in [0, 0.1) is 5.41 Å². The van der Waals surface area contributed by atoms with Gasteiger partial charge in [0.1, 0.15) is 0 Å². The van der Waals surface area contributed by atoms with Gasteiger partial charge in [-0.15, -0.1) is 0 Å². The summed E-state index contributed by atoms with van der Waals surface area (Å²) in [4.78, 5) is 0. The quantitative estimate of drug-likeness (QED) is 0.722. The summed E-state index contributed by atoms with van der Waals surface area (Å²) in [6.07, 6.45) is 6.36. The van der Waals surface area contributed by atoms with Crippen LogP contribution in [-0.2, 0) is 6.42 Å². The molecular formula is C13H18N2. The molecule has 1 aromatic carbocycles. The Balaban J connectivity index is 2.17. The summed E-state index contributed by atoms with van der Waals surface area (Å²) in [5.41, 5.74) is 3.43. The Labute approximate surface area is 91.2 Å². The van der Waals surface area contributed by atoms with Crippen LogP contribution in [0.2, 0.25) is 0 Å². The molecule has 2 heteroatoms. The third-order valence-electron chi connectivity index (χ3n) is 3.14. The lowest BCUT2D eigenvalue weighted by molar-refractivity contribution is 0.445. The van der Waals surface area contributed by atoms with Crippen molar-refractivity contribution in [3.05, 3.63) is 29.3 Å². The molecule has 2 rings (SSSR count). The molecule has 1 saturated carbocycles. The second kappa shape index (κ2) is 4.47. The van der Waals surface area contributed by atoms with Crippen LogP contribution in [0.1, 0.15) is 37.3 Å². The molecule has 1 fully saturated rings. The summed E-state index contributed by atoms with van der Waals surface area (Å²) in [5, 5.41) is 10.9. The fourth-order valence-corrected chi connectivity index (χ4v) is 1.86. The van der Waals surface area contributed by atoms with Crippen LogP contribution in [0.4, 0.5) is 5.69 Å². The first-order valence-electron chi connectivity index (χ1n) is 5.73. The average Bonchev–Trinajstić information content (AvgIpc) is 2.23. The van der Waals surface area contributed by atoms with Gasteiger partial charge < -0.3 is 10.7 Å². The minimum Gasteiger partial charge on any atom is -0.382 e. The van der Waals surface area contributed by atoms with E-state index >= 15 is 0 Å². The van der Waals surface area contributed by atoms with E-state index in [1.165, 1.54) is 31.0 Å². The number of anilines is 1. The molecule has 0 heterocycles. The third-order valence-corrected chi connectivity index (χ3v) is 3.14. The second-order valence-corrected chi connectivity index (χ2v) is 4.19. The molecular weight excluding hydrogens is 184 g/mol. The predicted octanol–water partition coefficient (Wildman–Crippen LogP) is 3.21. The Morgan fingerprint density at radius 1 is 1.47 bits per heavy atom. The van der Waals surface area contributed by atoms with E-state index < -0.39 is 0 Å². The maximum Gasteiger partial charge on any atom is 0.0431 e. The molecule has 0 unspecified atom stereocenters. The highest BCUT2D eigenvalue weighted by molar-refractivity contribution is 5.86. The van der Waals surface area contributed by atoms with E-state index in [0.717, 1.165) is 17.7 Å². The molecule has 0 radical (unpaired) electrons. The smallest absolute Gasteiger partial charge is 0.0431 e. The summed E-state index contributed by atoms with van der Waals surface area (Å²) in [6.45, 7) is 2.14. The van der Waals surface area contributed by atoms with Crippen LogP contribution >= 0.6 is 0 Å². The van der Waals surface area contributed by atoms with Crippen molar-refractivity contribution in [2.75, 3.05) is 5.32 Å². The molecule has 0 bridgehead atoms. The lowest BCUT2D eigenvalue weighted by atomic mass is 9.92. The van der Waals surface area contributed by atoms with Gasteiger partial charge in [-0.1, -0.05) is 13.0 Å². The van der Waals surface area contributed by atoms with Crippen molar-refractivity contribution in [2.45, 2.75) is 38.6 Å². The highest BCUT2D eigenvalue weighted by Gasteiger charge is 2.17. The fraction of sp³-hybridized carbons (Fsp3) is 0.462. The maximum atomic E-state index is 7.41. The zero-order valence-electron chi connectivity index (χ0n) is 9.22. The van der Waals surface area contributed by atoms with E-state index in [1.807, 2.05) is 0 Å². The minimum absolute atomic E-state index is 0.635. The molecule has 1 aliphatic rings. The van der Waals surface area contributed by atoms with Gasteiger partial charge in [0, 0.05) is 23.5 Å². The topological polar surface area (TPSA) is 35.9 Å². The fourth-order valence-electron chi connectivity index (χ4n) is 1.86. The van der Waals surface area contributed by atoms with Crippen LogP contribution < -0.4 is 5.32 Å². The van der Waals surface area contributed by atoms with Crippen molar-refractivity contribution in [3.63, 3.8) is 0 Å². The highest BCUT2D eigenvalue weighted by atomic mass is 14.9. The normalized spacial score (nSPS) is 15.8. The molecule has 0 aromatic heterocycles. The van der Waals surface area contributed by atoms with Gasteiger partial charge in [0.15, 0.2) is 0 Å². The van der Waals surface area contributed by atoms with E-state index in [4.69, 9.17) is 5.41 Å². The Morgan fingerprint density at radius 3 is 2.80 bits per heavy atom. The third kappa shape index (κ3) is 2.20. The Kier molecular flexibility index (Phi) is 3.05. The van der Waals surface area contributed by atoms with Crippen LogP contribution in [0.25, 0.3) is 0 Å². The van der Waals surface area contributed by atoms with Gasteiger partial charge in [-0.05, 0) is 43.4 Å². The Bertz CT molecular complexity index is 354. The maximum absolute atomic E-state index is 7.41. The molecule has 2 nitrogen and oxygen atoms in total. The van der Waals surface area contributed by atoms with Gasteiger partial charge in [0.25, 0.3) is 0 Å². The van der Waals surface area contributed by atoms with Crippen molar-refractivity contribution >= 4 is 11.9 Å². The minimum atomic E-state index is 0.635. The van der Waals surface area contributed by atoms with Crippen LogP contribution in [0.15, 0.2) is 18.2 Å². The van der Waals surface area contributed by atoms with E-state index in [2.05, 4.69) is 30.4 Å². The van der Waals surface area contributed by atoms with Gasteiger partial charge >= 0.3 is 0 Å². The van der Waals surface area contributed by atoms with Crippen molar-refractivity contribution in [3.8, 4) is 0 Å². The van der Waals surface area contributed by atoms with Gasteiger partial charge in [-0.3, -0.25) is 0 Å². The number of benzene rings is 1. The van der Waals surface area contributed by atoms with Gasteiger partial charge in [0.05, 0.1) is 0 Å². The summed E-state index contributed by atoms with van der Waals surface area (Å²) in [7, 11) is 0. The van der Waals surface area contributed by atoms with E-state index in [-0.39, 0.29) is 0 Å². The van der Waals surface area contributed by atoms with Crippen LogP contribution in [-0.4, -0.2) is 12.3 Å². The molecule has 1 aromatic rings. The standard InChI is InChI=1S/C13H18N2/c1-2-10-6-7-13(11(8-10)9-14)15-12-4-3-5-12/h6-9,12,14-15H,2-5H2,1H3. The van der Waals surface area contributed by atoms with E-state index in [9.17, 15) is 0 Å². The number of aryl methyl sites for hydroxylation is 1. The molecule has 1 aliphatic carbocycles. The first-order valence-corrected chi connectivity index (χ1v) is 5.73. The first-order chi connectivity index (χ1) is 7.33. The van der Waals surface area contributed by atoms with Gasteiger partial charge in [0.2, 0.25) is 0 Å². The molecule has 0 amide bonds. The number of nitrogens with one attached hydrogen (secondary N) is 2. The Hall–Kier alpha value is -1.31. The highest BCUT2D eigenvalue weighted by Crippen LogP contribution is 2.25. The van der Waals surface area contributed by atoms with Crippen LogP contribution in [0.3, 0.4) is 0 Å². The van der Waals surface area contributed by atoms with Crippen LogP contribution in [0.5, 0.6) is 0 Å². The number of hydrogen-bond acceptors (Lipinski definition) is 2. The SMILES string of the molecule is CCc1ccc(NC2CCC2)c(C=N)c1. The number of hydrogen-bond donors (Lipinski definition) is 2. The molecule has 2 N–H and O–H groups in total. The summed E-state index contributed by atoms with van der Waals surface area (Å²) >= 11 is 0. The second-order valence-electron chi connectivity index (χ2n) is 4.19. The van der Waals surface area contributed by atoms with Gasteiger partial charge in [-0.25, -0.2) is 0 Å². The molecule has 80 valence electrons. The molecule has 15 heavy (non-hydrogen) atoms. The molecule has 0 aliphatic heterocycles. The molecule has 0 atom stereocenters. The lowest BCUT2D eigenvalue weighted by Gasteiger charge is -2.28. The van der Waals surface area contributed by atoms with E-state index in [1.54, 1.807) is 0 Å². The average molecular weight is 202 g/mol. The predicted molar refractivity (Wildman–Crippen MR) is 65.0 cm³/mol. The summed E-state index contributed by atoms with van der Waals surface area (Å²) in [5.74, 6) is 0. The van der Waals surface area contributed by atoms with Gasteiger partial charge in [-0.2, -0.15) is 0 Å². The zero-order chi connectivity index (χ0) is 10.7. The first kappa shape index (κ1) is 10.2. The van der Waals surface area contributed by atoms with E-state index in [0.29, 0.717) is 6.04 Å². The largest absolute Gasteiger partial charge is 0.382 e. The monoisotopic (exact) mass is 202 g/mol. The van der Waals surface area contributed by atoms with Crippen molar-refractivity contribution in [1.29, 1.82) is 5.41 Å². The zero-order valence-corrected chi connectivity index (χ0v) is 9.22. The van der Waals surface area contributed by atoms with Crippen molar-refractivity contribution in [1.82, 2.24) is 0 Å². The molecule has 0 saturated heterocycles. The van der Waals surface area contributed by atoms with Crippen molar-refractivity contribution < 1.29 is 0 Å².